The number of allylic oxidation sites excluding steroid dienone is 1. The van der Waals surface area contributed by atoms with Crippen LogP contribution in [0, 0.1) is 11.7 Å². The highest BCUT2D eigenvalue weighted by Gasteiger charge is 2.22. The van der Waals surface area contributed by atoms with Crippen LogP contribution in [0.3, 0.4) is 0 Å². The van der Waals surface area contributed by atoms with Crippen molar-refractivity contribution in [3.05, 3.63) is 47.5 Å². The first-order chi connectivity index (χ1) is 11.2. The Balaban J connectivity index is 1.84. The van der Waals surface area contributed by atoms with E-state index in [0.717, 1.165) is 11.5 Å². The van der Waals surface area contributed by atoms with E-state index < -0.39 is 0 Å². The Labute approximate surface area is 140 Å². The standard InChI is InChI=1S/C21H30F2/c1-2-3-4-7-17-9-11-18(12-10-17)20-14-13-19(21(23)16-20)8-5-6-15-22/h6,13-18H,2-5,7-12H2,1H3. The van der Waals surface area contributed by atoms with Gasteiger partial charge in [-0.3, -0.25) is 0 Å². The Morgan fingerprint density at radius 2 is 1.91 bits per heavy atom. The van der Waals surface area contributed by atoms with Crippen LogP contribution in [0.25, 0.3) is 0 Å². The smallest absolute Gasteiger partial charge is 0.126 e. The molecule has 0 amide bonds. The second-order valence-electron chi connectivity index (χ2n) is 6.96. The van der Waals surface area contributed by atoms with E-state index in [9.17, 15) is 8.78 Å². The largest absolute Gasteiger partial charge is 0.216 e. The lowest BCUT2D eigenvalue weighted by Gasteiger charge is -2.29. The minimum absolute atomic E-state index is 0.125. The Morgan fingerprint density at radius 3 is 2.57 bits per heavy atom. The molecule has 0 bridgehead atoms. The van der Waals surface area contributed by atoms with Crippen molar-refractivity contribution in [1.82, 2.24) is 0 Å². The van der Waals surface area contributed by atoms with E-state index in [-0.39, 0.29) is 5.82 Å². The summed E-state index contributed by atoms with van der Waals surface area (Å²) in [6.07, 6.45) is 13.4. The van der Waals surface area contributed by atoms with Gasteiger partial charge in [0.2, 0.25) is 0 Å². The first-order valence-corrected chi connectivity index (χ1v) is 9.28. The summed E-state index contributed by atoms with van der Waals surface area (Å²) in [5, 5.41) is 0. The molecule has 1 aliphatic carbocycles. The third kappa shape index (κ3) is 5.75. The second-order valence-corrected chi connectivity index (χ2v) is 6.96. The van der Waals surface area contributed by atoms with Gasteiger partial charge in [-0.05, 0) is 67.6 Å². The maximum Gasteiger partial charge on any atom is 0.126 e. The molecular weight excluding hydrogens is 290 g/mol. The lowest BCUT2D eigenvalue weighted by atomic mass is 9.77. The van der Waals surface area contributed by atoms with Crippen molar-refractivity contribution in [3.8, 4) is 0 Å². The van der Waals surface area contributed by atoms with Crippen LogP contribution in [0.1, 0.15) is 81.8 Å². The van der Waals surface area contributed by atoms with Gasteiger partial charge in [0.1, 0.15) is 5.82 Å². The molecule has 0 radical (unpaired) electrons. The van der Waals surface area contributed by atoms with Crippen molar-refractivity contribution in [3.63, 3.8) is 0 Å². The molecule has 0 unspecified atom stereocenters. The van der Waals surface area contributed by atoms with Crippen molar-refractivity contribution >= 4 is 0 Å². The fourth-order valence-corrected chi connectivity index (χ4v) is 3.79. The molecule has 1 aromatic carbocycles. The maximum absolute atomic E-state index is 14.2. The average Bonchev–Trinajstić information content (AvgIpc) is 2.57. The van der Waals surface area contributed by atoms with Gasteiger partial charge in [0.05, 0.1) is 6.33 Å². The van der Waals surface area contributed by atoms with Crippen molar-refractivity contribution in [2.45, 2.75) is 77.0 Å². The summed E-state index contributed by atoms with van der Waals surface area (Å²) >= 11 is 0. The Morgan fingerprint density at radius 1 is 1.13 bits per heavy atom. The number of hydrogen-bond donors (Lipinski definition) is 0. The Bertz CT molecular complexity index is 485. The SMILES string of the molecule is CCCCCC1CCC(c2ccc(CCC=CF)c(F)c2)CC1. The van der Waals surface area contributed by atoms with Gasteiger partial charge in [-0.2, -0.15) is 0 Å². The molecule has 0 saturated heterocycles. The lowest BCUT2D eigenvalue weighted by Crippen LogP contribution is -2.13. The van der Waals surface area contributed by atoms with Crippen LogP contribution in [0.5, 0.6) is 0 Å². The third-order valence-electron chi connectivity index (χ3n) is 5.28. The molecular formula is C21H30F2. The summed E-state index contributed by atoms with van der Waals surface area (Å²) in [5.41, 5.74) is 1.85. The van der Waals surface area contributed by atoms with E-state index in [0.29, 0.717) is 30.7 Å². The molecule has 0 heterocycles. The molecule has 0 aliphatic heterocycles. The first-order valence-electron chi connectivity index (χ1n) is 9.28. The van der Waals surface area contributed by atoms with Gasteiger partial charge in [-0.15, -0.1) is 0 Å². The van der Waals surface area contributed by atoms with Crippen molar-refractivity contribution in [2.75, 3.05) is 0 Å². The van der Waals surface area contributed by atoms with E-state index in [1.54, 1.807) is 6.07 Å². The zero-order valence-corrected chi connectivity index (χ0v) is 14.4. The highest BCUT2D eigenvalue weighted by molar-refractivity contribution is 5.27. The lowest BCUT2D eigenvalue weighted by molar-refractivity contribution is 0.302. The molecule has 1 saturated carbocycles. The summed E-state index contributed by atoms with van der Waals surface area (Å²) in [6, 6.07) is 5.69. The predicted molar refractivity (Wildman–Crippen MR) is 93.8 cm³/mol. The Kier molecular flexibility index (Phi) is 7.78. The average molecular weight is 320 g/mol. The van der Waals surface area contributed by atoms with Gasteiger partial charge in [-0.1, -0.05) is 50.8 Å². The molecule has 2 heteroatoms. The summed E-state index contributed by atoms with van der Waals surface area (Å²) in [5.74, 6) is 1.28. The normalized spacial score (nSPS) is 21.9. The predicted octanol–water partition coefficient (Wildman–Crippen LogP) is 7.10. The van der Waals surface area contributed by atoms with Crippen molar-refractivity contribution in [2.24, 2.45) is 5.92 Å². The minimum atomic E-state index is -0.125. The molecule has 0 N–H and O–H groups in total. The van der Waals surface area contributed by atoms with Gasteiger partial charge >= 0.3 is 0 Å². The monoisotopic (exact) mass is 320 g/mol. The summed E-state index contributed by atoms with van der Waals surface area (Å²) in [7, 11) is 0. The fraction of sp³-hybridized carbons (Fsp3) is 0.619. The molecule has 0 atom stereocenters. The van der Waals surface area contributed by atoms with Crippen LogP contribution in [-0.2, 0) is 6.42 Å². The van der Waals surface area contributed by atoms with Crippen LogP contribution in [0.2, 0.25) is 0 Å². The number of rotatable bonds is 8. The molecule has 0 spiro atoms. The highest BCUT2D eigenvalue weighted by Crippen LogP contribution is 2.38. The quantitative estimate of drug-likeness (QED) is 0.448. The molecule has 128 valence electrons. The number of aryl methyl sites for hydroxylation is 1. The van der Waals surface area contributed by atoms with E-state index in [4.69, 9.17) is 0 Å². The Hall–Kier alpha value is -1.18. The van der Waals surface area contributed by atoms with E-state index >= 15 is 0 Å². The number of halogens is 2. The van der Waals surface area contributed by atoms with Gasteiger partial charge < -0.3 is 0 Å². The molecule has 1 fully saturated rings. The zero-order chi connectivity index (χ0) is 16.5. The van der Waals surface area contributed by atoms with Crippen LogP contribution >= 0.6 is 0 Å². The van der Waals surface area contributed by atoms with Gasteiger partial charge in [-0.25, -0.2) is 8.78 Å². The van der Waals surface area contributed by atoms with Crippen LogP contribution < -0.4 is 0 Å². The summed E-state index contributed by atoms with van der Waals surface area (Å²) in [6.45, 7) is 2.25. The van der Waals surface area contributed by atoms with E-state index in [2.05, 4.69) is 13.0 Å². The first kappa shape index (κ1) is 18.2. The van der Waals surface area contributed by atoms with Gasteiger partial charge in [0.15, 0.2) is 0 Å². The number of benzene rings is 1. The third-order valence-corrected chi connectivity index (χ3v) is 5.28. The number of hydrogen-bond acceptors (Lipinski definition) is 0. The molecule has 0 nitrogen and oxygen atoms in total. The van der Waals surface area contributed by atoms with Gasteiger partial charge in [0.25, 0.3) is 0 Å². The zero-order valence-electron chi connectivity index (χ0n) is 14.4. The van der Waals surface area contributed by atoms with E-state index in [1.165, 1.54) is 57.4 Å². The van der Waals surface area contributed by atoms with E-state index in [1.807, 2.05) is 6.07 Å². The minimum Gasteiger partial charge on any atom is -0.216 e. The second kappa shape index (κ2) is 9.85. The van der Waals surface area contributed by atoms with Crippen molar-refractivity contribution < 1.29 is 8.78 Å². The van der Waals surface area contributed by atoms with Crippen LogP contribution in [0.4, 0.5) is 8.78 Å². The van der Waals surface area contributed by atoms with Crippen LogP contribution in [0.15, 0.2) is 30.6 Å². The van der Waals surface area contributed by atoms with Gasteiger partial charge in [0, 0.05) is 0 Å². The van der Waals surface area contributed by atoms with Crippen LogP contribution in [-0.4, -0.2) is 0 Å². The summed E-state index contributed by atoms with van der Waals surface area (Å²) in [4.78, 5) is 0. The highest BCUT2D eigenvalue weighted by atomic mass is 19.1. The van der Waals surface area contributed by atoms with Crippen molar-refractivity contribution in [1.29, 1.82) is 0 Å². The topological polar surface area (TPSA) is 0 Å². The molecule has 2 rings (SSSR count). The molecule has 23 heavy (non-hydrogen) atoms. The summed E-state index contributed by atoms with van der Waals surface area (Å²) < 4.78 is 26.2. The molecule has 0 aromatic heterocycles. The molecule has 1 aromatic rings. The molecule has 1 aliphatic rings. The fourth-order valence-electron chi connectivity index (χ4n) is 3.79. The maximum atomic E-state index is 14.2. The number of unbranched alkanes of at least 4 members (excludes halogenated alkanes) is 2.